The Bertz CT molecular complexity index is 418. The molecule has 0 spiro atoms. The van der Waals surface area contributed by atoms with E-state index in [9.17, 15) is 0 Å². The Kier molecular flexibility index (Phi) is 4.81. The molecular weight excluding hydrogens is 250 g/mol. The van der Waals surface area contributed by atoms with E-state index in [-0.39, 0.29) is 5.54 Å². The highest BCUT2D eigenvalue weighted by Gasteiger charge is 2.37. The predicted octanol–water partition coefficient (Wildman–Crippen LogP) is 2.20. The van der Waals surface area contributed by atoms with Crippen molar-refractivity contribution in [2.24, 2.45) is 11.7 Å². The molecule has 2 N–H and O–H groups in total. The minimum Gasteiger partial charge on any atom is -0.329 e. The number of nitrogens with zero attached hydrogens (tertiary/aromatic N) is 4. The topological polar surface area (TPSA) is 60.0 Å². The summed E-state index contributed by atoms with van der Waals surface area (Å²) < 4.78 is 2.01. The lowest BCUT2D eigenvalue weighted by Crippen LogP contribution is -2.53. The van der Waals surface area contributed by atoms with Crippen LogP contribution in [0, 0.1) is 5.92 Å². The second-order valence-electron chi connectivity index (χ2n) is 6.68. The SMILES string of the molecule is CC1CCC(CN)(N(C)Cc2ncnn2C(C)C)CC1. The fourth-order valence-electron chi connectivity index (χ4n) is 3.24. The molecule has 0 aliphatic heterocycles. The van der Waals surface area contributed by atoms with Crippen molar-refractivity contribution in [3.63, 3.8) is 0 Å². The van der Waals surface area contributed by atoms with E-state index in [4.69, 9.17) is 5.73 Å². The van der Waals surface area contributed by atoms with Crippen LogP contribution in [0.2, 0.25) is 0 Å². The fraction of sp³-hybridized carbons (Fsp3) is 0.867. The van der Waals surface area contributed by atoms with Gasteiger partial charge in [0.05, 0.1) is 6.54 Å². The molecule has 1 aromatic heterocycles. The van der Waals surface area contributed by atoms with Crippen LogP contribution in [0.3, 0.4) is 0 Å². The zero-order valence-electron chi connectivity index (χ0n) is 13.3. The van der Waals surface area contributed by atoms with Crippen LogP contribution in [0.25, 0.3) is 0 Å². The average molecular weight is 279 g/mol. The van der Waals surface area contributed by atoms with Crippen molar-refractivity contribution in [3.8, 4) is 0 Å². The molecule has 0 aromatic carbocycles. The van der Waals surface area contributed by atoms with Crippen molar-refractivity contribution in [1.29, 1.82) is 0 Å². The van der Waals surface area contributed by atoms with Crippen LogP contribution in [0.1, 0.15) is 58.3 Å². The second-order valence-corrected chi connectivity index (χ2v) is 6.68. The molecule has 0 radical (unpaired) electrons. The molecule has 5 heteroatoms. The van der Waals surface area contributed by atoms with Crippen molar-refractivity contribution in [1.82, 2.24) is 19.7 Å². The molecular formula is C15H29N5. The van der Waals surface area contributed by atoms with Gasteiger partial charge in [0.25, 0.3) is 0 Å². The van der Waals surface area contributed by atoms with Gasteiger partial charge in [-0.3, -0.25) is 4.90 Å². The molecule has 1 fully saturated rings. The van der Waals surface area contributed by atoms with Crippen LogP contribution >= 0.6 is 0 Å². The number of nitrogens with two attached hydrogens (primary N) is 1. The molecule has 1 aliphatic carbocycles. The van der Waals surface area contributed by atoms with E-state index in [1.807, 2.05) is 4.68 Å². The molecule has 1 aromatic rings. The van der Waals surface area contributed by atoms with Crippen molar-refractivity contribution >= 4 is 0 Å². The van der Waals surface area contributed by atoms with Crippen molar-refractivity contribution < 1.29 is 0 Å². The van der Waals surface area contributed by atoms with Gasteiger partial charge in [0.15, 0.2) is 0 Å². The highest BCUT2D eigenvalue weighted by Crippen LogP contribution is 2.35. The first-order valence-electron chi connectivity index (χ1n) is 7.78. The van der Waals surface area contributed by atoms with Gasteiger partial charge in [-0.05, 0) is 52.5 Å². The Morgan fingerprint density at radius 2 is 2.10 bits per heavy atom. The largest absolute Gasteiger partial charge is 0.329 e. The zero-order chi connectivity index (χ0) is 14.8. The zero-order valence-corrected chi connectivity index (χ0v) is 13.3. The molecule has 2 rings (SSSR count). The average Bonchev–Trinajstić information content (AvgIpc) is 2.88. The van der Waals surface area contributed by atoms with Gasteiger partial charge in [0.1, 0.15) is 12.2 Å². The van der Waals surface area contributed by atoms with Crippen LogP contribution < -0.4 is 5.73 Å². The minimum absolute atomic E-state index is 0.139. The first-order valence-corrected chi connectivity index (χ1v) is 7.78. The Hall–Kier alpha value is -0.940. The van der Waals surface area contributed by atoms with Gasteiger partial charge in [-0.1, -0.05) is 6.92 Å². The van der Waals surface area contributed by atoms with Crippen LogP contribution in [0.5, 0.6) is 0 Å². The lowest BCUT2D eigenvalue weighted by Gasteiger charge is -2.45. The van der Waals surface area contributed by atoms with E-state index in [1.165, 1.54) is 25.7 Å². The first kappa shape index (κ1) is 15.4. The molecule has 1 saturated carbocycles. The smallest absolute Gasteiger partial charge is 0.141 e. The third-order valence-corrected chi connectivity index (χ3v) is 4.91. The van der Waals surface area contributed by atoms with E-state index in [2.05, 4.69) is 42.8 Å². The van der Waals surface area contributed by atoms with Crippen LogP contribution in [0.15, 0.2) is 6.33 Å². The summed E-state index contributed by atoms with van der Waals surface area (Å²) in [5, 5.41) is 4.32. The number of hydrogen-bond donors (Lipinski definition) is 1. The lowest BCUT2D eigenvalue weighted by molar-refractivity contribution is 0.0581. The van der Waals surface area contributed by atoms with Crippen LogP contribution in [-0.2, 0) is 6.54 Å². The maximum atomic E-state index is 6.13. The molecule has 5 nitrogen and oxygen atoms in total. The maximum absolute atomic E-state index is 6.13. The predicted molar refractivity (Wildman–Crippen MR) is 81.3 cm³/mol. The van der Waals surface area contributed by atoms with Crippen LogP contribution in [0.4, 0.5) is 0 Å². The van der Waals surface area contributed by atoms with Crippen molar-refractivity contribution in [2.75, 3.05) is 13.6 Å². The van der Waals surface area contributed by atoms with Gasteiger partial charge < -0.3 is 5.73 Å². The van der Waals surface area contributed by atoms with E-state index >= 15 is 0 Å². The molecule has 0 saturated heterocycles. The summed E-state index contributed by atoms with van der Waals surface area (Å²) in [4.78, 5) is 6.83. The van der Waals surface area contributed by atoms with Crippen LogP contribution in [-0.4, -0.2) is 38.8 Å². The van der Waals surface area contributed by atoms with Gasteiger partial charge in [0.2, 0.25) is 0 Å². The van der Waals surface area contributed by atoms with Gasteiger partial charge in [-0.25, -0.2) is 9.67 Å². The fourth-order valence-corrected chi connectivity index (χ4v) is 3.24. The molecule has 1 heterocycles. The monoisotopic (exact) mass is 279 g/mol. The summed E-state index contributed by atoms with van der Waals surface area (Å²) in [5.74, 6) is 1.87. The van der Waals surface area contributed by atoms with Crippen molar-refractivity contribution in [3.05, 3.63) is 12.2 Å². The highest BCUT2D eigenvalue weighted by atomic mass is 15.4. The normalized spacial score (nSPS) is 27.4. The molecule has 0 unspecified atom stereocenters. The Balaban J connectivity index is 2.09. The van der Waals surface area contributed by atoms with E-state index in [0.717, 1.165) is 24.8 Å². The maximum Gasteiger partial charge on any atom is 0.141 e. The third-order valence-electron chi connectivity index (χ3n) is 4.91. The second kappa shape index (κ2) is 6.22. The summed E-state index contributed by atoms with van der Waals surface area (Å²) in [6, 6.07) is 0.348. The first-order chi connectivity index (χ1) is 9.48. The van der Waals surface area contributed by atoms with Gasteiger partial charge in [-0.2, -0.15) is 5.10 Å². The molecule has 1 aliphatic rings. The minimum atomic E-state index is 0.139. The molecule has 114 valence electrons. The van der Waals surface area contributed by atoms with E-state index in [0.29, 0.717) is 6.04 Å². The Morgan fingerprint density at radius 1 is 1.45 bits per heavy atom. The lowest BCUT2D eigenvalue weighted by atomic mass is 9.76. The molecule has 0 amide bonds. The molecule has 0 atom stereocenters. The summed E-state index contributed by atoms with van der Waals surface area (Å²) in [5.41, 5.74) is 6.27. The van der Waals surface area contributed by atoms with Gasteiger partial charge in [-0.15, -0.1) is 0 Å². The standard InChI is InChI=1S/C15H29N5/c1-12(2)20-14(17-11-18-20)9-19(4)15(10-16)7-5-13(3)6-8-15/h11-13H,5-10,16H2,1-4H3. The number of likely N-dealkylation sites (N-methyl/N-ethyl adjacent to an activating group) is 1. The summed E-state index contributed by atoms with van der Waals surface area (Å²) in [7, 11) is 2.18. The quantitative estimate of drug-likeness (QED) is 0.897. The summed E-state index contributed by atoms with van der Waals surface area (Å²) >= 11 is 0. The number of rotatable bonds is 5. The van der Waals surface area contributed by atoms with Gasteiger partial charge >= 0.3 is 0 Å². The Morgan fingerprint density at radius 3 is 2.65 bits per heavy atom. The number of hydrogen-bond acceptors (Lipinski definition) is 4. The molecule has 0 bridgehead atoms. The summed E-state index contributed by atoms with van der Waals surface area (Å²) in [6.07, 6.45) is 6.59. The number of aromatic nitrogens is 3. The van der Waals surface area contributed by atoms with Crippen molar-refractivity contribution in [2.45, 2.75) is 64.6 Å². The molecule has 20 heavy (non-hydrogen) atoms. The third kappa shape index (κ3) is 3.04. The Labute approximate surface area is 122 Å². The summed E-state index contributed by atoms with van der Waals surface area (Å²) in [6.45, 7) is 8.17. The van der Waals surface area contributed by atoms with Gasteiger partial charge in [0, 0.05) is 18.1 Å². The van der Waals surface area contributed by atoms with E-state index in [1.54, 1.807) is 6.33 Å². The van der Waals surface area contributed by atoms with E-state index < -0.39 is 0 Å². The highest BCUT2D eigenvalue weighted by molar-refractivity contribution is 4.97.